The highest BCUT2D eigenvalue weighted by atomic mass is 127. The highest BCUT2D eigenvalue weighted by molar-refractivity contribution is 14.0. The number of guanidine groups is 1. The van der Waals surface area contributed by atoms with Crippen molar-refractivity contribution < 1.29 is 4.74 Å². The molecule has 0 amide bonds. The van der Waals surface area contributed by atoms with E-state index in [2.05, 4.69) is 47.4 Å². The number of nitrogens with one attached hydrogen (secondary N) is 2. The third kappa shape index (κ3) is 6.43. The Labute approximate surface area is 162 Å². The first kappa shape index (κ1) is 21.0. The second-order valence-electron chi connectivity index (χ2n) is 5.73. The van der Waals surface area contributed by atoms with E-state index in [4.69, 9.17) is 9.73 Å². The van der Waals surface area contributed by atoms with Crippen LogP contribution in [0.2, 0.25) is 0 Å². The van der Waals surface area contributed by atoms with Crippen molar-refractivity contribution in [2.24, 2.45) is 4.99 Å². The SMILES string of the molecule is CCNC(=NCc1cccnc1N1CCOCC1)NC(C)CC.I. The van der Waals surface area contributed by atoms with E-state index in [0.29, 0.717) is 12.6 Å². The van der Waals surface area contributed by atoms with Crippen LogP contribution in [0.25, 0.3) is 0 Å². The Hall–Kier alpha value is -1.09. The Balaban J connectivity index is 0.00000288. The fraction of sp³-hybridized carbons (Fsp3) is 0.647. The van der Waals surface area contributed by atoms with Crippen molar-refractivity contribution in [3.8, 4) is 0 Å². The Morgan fingerprint density at radius 2 is 2.12 bits per heavy atom. The molecule has 24 heavy (non-hydrogen) atoms. The van der Waals surface area contributed by atoms with Gasteiger partial charge in [0.15, 0.2) is 5.96 Å². The lowest BCUT2D eigenvalue weighted by Crippen LogP contribution is -2.42. The maximum absolute atomic E-state index is 5.43. The molecule has 1 saturated heterocycles. The Morgan fingerprint density at radius 3 is 2.79 bits per heavy atom. The number of nitrogens with zero attached hydrogens (tertiary/aromatic N) is 3. The lowest BCUT2D eigenvalue weighted by atomic mass is 10.2. The van der Waals surface area contributed by atoms with Crippen LogP contribution in [0, 0.1) is 0 Å². The minimum absolute atomic E-state index is 0. The first-order chi connectivity index (χ1) is 11.2. The number of morpholine rings is 1. The van der Waals surface area contributed by atoms with E-state index in [0.717, 1.165) is 56.6 Å². The van der Waals surface area contributed by atoms with Gasteiger partial charge < -0.3 is 20.3 Å². The van der Waals surface area contributed by atoms with Gasteiger partial charge in [0.2, 0.25) is 0 Å². The minimum Gasteiger partial charge on any atom is -0.378 e. The van der Waals surface area contributed by atoms with Crippen molar-refractivity contribution in [2.45, 2.75) is 39.8 Å². The van der Waals surface area contributed by atoms with Crippen molar-refractivity contribution in [3.05, 3.63) is 23.9 Å². The summed E-state index contributed by atoms with van der Waals surface area (Å²) in [5, 5.41) is 6.72. The van der Waals surface area contributed by atoms with E-state index in [1.807, 2.05) is 12.3 Å². The normalized spacial score (nSPS) is 16.3. The van der Waals surface area contributed by atoms with Crippen molar-refractivity contribution >= 4 is 35.8 Å². The molecule has 6 nitrogen and oxygen atoms in total. The van der Waals surface area contributed by atoms with Crippen molar-refractivity contribution in [1.29, 1.82) is 0 Å². The van der Waals surface area contributed by atoms with Gasteiger partial charge in [0.1, 0.15) is 5.82 Å². The van der Waals surface area contributed by atoms with E-state index in [9.17, 15) is 0 Å². The second kappa shape index (κ2) is 11.5. The van der Waals surface area contributed by atoms with Crippen LogP contribution in [0.5, 0.6) is 0 Å². The quantitative estimate of drug-likeness (QED) is 0.399. The number of hydrogen-bond donors (Lipinski definition) is 2. The lowest BCUT2D eigenvalue weighted by Gasteiger charge is -2.29. The molecule has 2 rings (SSSR count). The van der Waals surface area contributed by atoms with Gasteiger partial charge in [0.05, 0.1) is 19.8 Å². The summed E-state index contributed by atoms with van der Waals surface area (Å²) in [5.41, 5.74) is 1.15. The lowest BCUT2D eigenvalue weighted by molar-refractivity contribution is 0.122. The topological polar surface area (TPSA) is 61.8 Å². The summed E-state index contributed by atoms with van der Waals surface area (Å²) in [5.74, 6) is 1.89. The molecule has 0 bridgehead atoms. The number of halogens is 1. The smallest absolute Gasteiger partial charge is 0.191 e. The Bertz CT molecular complexity index is 506. The van der Waals surface area contributed by atoms with Crippen molar-refractivity contribution in [3.63, 3.8) is 0 Å². The molecular formula is C17H30IN5O. The molecule has 1 unspecified atom stereocenters. The monoisotopic (exact) mass is 447 g/mol. The Morgan fingerprint density at radius 1 is 1.38 bits per heavy atom. The fourth-order valence-electron chi connectivity index (χ4n) is 2.43. The number of pyridine rings is 1. The van der Waals surface area contributed by atoms with Crippen LogP contribution in [-0.2, 0) is 11.3 Å². The van der Waals surface area contributed by atoms with Gasteiger partial charge in [-0.1, -0.05) is 13.0 Å². The van der Waals surface area contributed by atoms with Crippen LogP contribution >= 0.6 is 24.0 Å². The van der Waals surface area contributed by atoms with Gasteiger partial charge in [0.25, 0.3) is 0 Å². The molecule has 2 heterocycles. The molecule has 0 radical (unpaired) electrons. The number of rotatable bonds is 6. The molecule has 0 spiro atoms. The molecule has 1 aromatic rings. The molecular weight excluding hydrogens is 417 g/mol. The third-order valence-electron chi connectivity index (χ3n) is 3.93. The summed E-state index contributed by atoms with van der Waals surface area (Å²) in [6, 6.07) is 4.48. The van der Waals surface area contributed by atoms with E-state index < -0.39 is 0 Å². The summed E-state index contributed by atoms with van der Waals surface area (Å²) >= 11 is 0. The van der Waals surface area contributed by atoms with Crippen LogP contribution in [-0.4, -0.2) is 49.8 Å². The molecule has 136 valence electrons. The van der Waals surface area contributed by atoms with Crippen LogP contribution in [0.4, 0.5) is 5.82 Å². The second-order valence-corrected chi connectivity index (χ2v) is 5.73. The molecule has 1 atom stereocenters. The third-order valence-corrected chi connectivity index (χ3v) is 3.93. The zero-order chi connectivity index (χ0) is 16.5. The number of hydrogen-bond acceptors (Lipinski definition) is 4. The largest absolute Gasteiger partial charge is 0.378 e. The van der Waals surface area contributed by atoms with Gasteiger partial charge in [-0.15, -0.1) is 24.0 Å². The number of ether oxygens (including phenoxy) is 1. The summed E-state index contributed by atoms with van der Waals surface area (Å²) < 4.78 is 5.43. The van der Waals surface area contributed by atoms with Gasteiger partial charge in [-0.05, 0) is 26.3 Å². The van der Waals surface area contributed by atoms with Crippen LogP contribution < -0.4 is 15.5 Å². The molecule has 2 N–H and O–H groups in total. The molecule has 1 aliphatic heterocycles. The van der Waals surface area contributed by atoms with Gasteiger partial charge >= 0.3 is 0 Å². The molecule has 0 aliphatic carbocycles. The number of anilines is 1. The summed E-state index contributed by atoms with van der Waals surface area (Å²) in [6.45, 7) is 11.2. The first-order valence-electron chi connectivity index (χ1n) is 8.56. The van der Waals surface area contributed by atoms with Crippen molar-refractivity contribution in [2.75, 3.05) is 37.7 Å². The summed E-state index contributed by atoms with van der Waals surface area (Å²) in [6.07, 6.45) is 2.91. The van der Waals surface area contributed by atoms with Crippen LogP contribution in [0.15, 0.2) is 23.3 Å². The summed E-state index contributed by atoms with van der Waals surface area (Å²) in [4.78, 5) is 11.6. The van der Waals surface area contributed by atoms with Crippen LogP contribution in [0.1, 0.15) is 32.8 Å². The average molecular weight is 447 g/mol. The van der Waals surface area contributed by atoms with Gasteiger partial charge in [-0.2, -0.15) is 0 Å². The van der Waals surface area contributed by atoms with Crippen molar-refractivity contribution in [1.82, 2.24) is 15.6 Å². The fourth-order valence-corrected chi connectivity index (χ4v) is 2.43. The minimum atomic E-state index is 0. The molecule has 1 fully saturated rings. The van der Waals surface area contributed by atoms with E-state index in [-0.39, 0.29) is 24.0 Å². The molecule has 0 saturated carbocycles. The first-order valence-corrected chi connectivity index (χ1v) is 8.56. The molecule has 7 heteroatoms. The molecule has 1 aliphatic rings. The van der Waals surface area contributed by atoms with Gasteiger partial charge in [0, 0.05) is 37.4 Å². The maximum atomic E-state index is 5.43. The van der Waals surface area contributed by atoms with Gasteiger partial charge in [-0.25, -0.2) is 9.98 Å². The maximum Gasteiger partial charge on any atom is 0.191 e. The predicted molar refractivity (Wildman–Crippen MR) is 110 cm³/mol. The zero-order valence-corrected chi connectivity index (χ0v) is 17.2. The Kier molecular flexibility index (Phi) is 10.0. The molecule has 1 aromatic heterocycles. The number of aliphatic imine (C=N–C) groups is 1. The standard InChI is InChI=1S/C17H29N5O.HI/c1-4-14(3)21-17(18-5-2)20-13-15-7-6-8-19-16(15)22-9-11-23-12-10-22;/h6-8,14H,4-5,9-13H2,1-3H3,(H2,18,20,21);1H. The molecule has 0 aromatic carbocycles. The van der Waals surface area contributed by atoms with E-state index in [1.54, 1.807) is 0 Å². The predicted octanol–water partition coefficient (Wildman–Crippen LogP) is 2.39. The van der Waals surface area contributed by atoms with Crippen LogP contribution in [0.3, 0.4) is 0 Å². The average Bonchev–Trinajstić information content (AvgIpc) is 2.60. The van der Waals surface area contributed by atoms with Gasteiger partial charge in [-0.3, -0.25) is 0 Å². The summed E-state index contributed by atoms with van der Waals surface area (Å²) in [7, 11) is 0. The number of aromatic nitrogens is 1. The highest BCUT2D eigenvalue weighted by Gasteiger charge is 2.15. The van der Waals surface area contributed by atoms with E-state index >= 15 is 0 Å². The van der Waals surface area contributed by atoms with E-state index in [1.165, 1.54) is 0 Å². The highest BCUT2D eigenvalue weighted by Crippen LogP contribution is 2.19. The zero-order valence-electron chi connectivity index (χ0n) is 14.9.